The van der Waals surface area contributed by atoms with Crippen molar-refractivity contribution in [3.63, 3.8) is 0 Å². The van der Waals surface area contributed by atoms with Crippen LogP contribution < -0.4 is 5.32 Å². The van der Waals surface area contributed by atoms with E-state index in [0.717, 1.165) is 30.4 Å². The van der Waals surface area contributed by atoms with Crippen LogP contribution in [0, 0.1) is 0 Å². The lowest BCUT2D eigenvalue weighted by Crippen LogP contribution is -2.35. The van der Waals surface area contributed by atoms with Gasteiger partial charge in [-0.05, 0) is 6.07 Å². The molecule has 0 saturated heterocycles. The third-order valence-electron chi connectivity index (χ3n) is 3.11. The minimum absolute atomic E-state index is 0.699. The minimum Gasteiger partial charge on any atom is -0.352 e. The van der Waals surface area contributed by atoms with Crippen molar-refractivity contribution in [1.82, 2.24) is 24.8 Å². The van der Waals surface area contributed by atoms with Crippen LogP contribution >= 0.6 is 0 Å². The SMILES string of the molecule is CN1CCN=C1NCc1cccnc1-n1ccnc1. The Labute approximate surface area is 111 Å². The summed E-state index contributed by atoms with van der Waals surface area (Å²) in [6.07, 6.45) is 7.19. The molecule has 1 aliphatic rings. The Morgan fingerprint density at radius 3 is 3.05 bits per heavy atom. The molecule has 2 aromatic heterocycles. The zero-order valence-corrected chi connectivity index (χ0v) is 10.8. The number of pyridine rings is 1. The van der Waals surface area contributed by atoms with Gasteiger partial charge in [0.1, 0.15) is 12.1 Å². The second-order valence-corrected chi connectivity index (χ2v) is 4.44. The quantitative estimate of drug-likeness (QED) is 0.876. The van der Waals surface area contributed by atoms with Gasteiger partial charge in [0.05, 0.1) is 6.54 Å². The highest BCUT2D eigenvalue weighted by Crippen LogP contribution is 2.10. The van der Waals surface area contributed by atoms with Gasteiger partial charge in [0.25, 0.3) is 0 Å². The topological polar surface area (TPSA) is 58.3 Å². The van der Waals surface area contributed by atoms with Crippen molar-refractivity contribution in [2.24, 2.45) is 4.99 Å². The average molecular weight is 256 g/mol. The van der Waals surface area contributed by atoms with E-state index in [-0.39, 0.29) is 0 Å². The summed E-state index contributed by atoms with van der Waals surface area (Å²) in [5.74, 6) is 1.84. The molecule has 3 heterocycles. The number of aromatic nitrogens is 3. The first-order chi connectivity index (χ1) is 9.34. The normalized spacial score (nSPS) is 14.6. The summed E-state index contributed by atoms with van der Waals surface area (Å²) in [5.41, 5.74) is 1.11. The molecule has 2 aromatic rings. The van der Waals surface area contributed by atoms with Gasteiger partial charge in [-0.15, -0.1) is 0 Å². The Kier molecular flexibility index (Phi) is 3.14. The monoisotopic (exact) mass is 256 g/mol. The fourth-order valence-electron chi connectivity index (χ4n) is 2.08. The third kappa shape index (κ3) is 2.42. The predicted molar refractivity (Wildman–Crippen MR) is 73.1 cm³/mol. The number of nitrogens with one attached hydrogen (secondary N) is 1. The fraction of sp³-hybridized carbons (Fsp3) is 0.308. The lowest BCUT2D eigenvalue weighted by atomic mass is 10.2. The van der Waals surface area contributed by atoms with Crippen LogP contribution in [0.4, 0.5) is 0 Å². The van der Waals surface area contributed by atoms with Crippen LogP contribution in [0.15, 0.2) is 42.0 Å². The molecule has 0 amide bonds. The number of nitrogens with zero attached hydrogens (tertiary/aromatic N) is 5. The molecule has 6 heteroatoms. The molecule has 0 aromatic carbocycles. The Hall–Kier alpha value is -2.37. The van der Waals surface area contributed by atoms with Gasteiger partial charge >= 0.3 is 0 Å². The number of rotatable bonds is 3. The van der Waals surface area contributed by atoms with Gasteiger partial charge in [-0.2, -0.15) is 0 Å². The lowest BCUT2D eigenvalue weighted by Gasteiger charge is -2.16. The Balaban J connectivity index is 1.78. The third-order valence-corrected chi connectivity index (χ3v) is 3.11. The molecule has 0 saturated carbocycles. The number of imidazole rings is 1. The number of aliphatic imine (C=N–C) groups is 1. The van der Waals surface area contributed by atoms with Crippen molar-refractivity contribution in [1.29, 1.82) is 0 Å². The van der Waals surface area contributed by atoms with Crippen molar-refractivity contribution >= 4 is 5.96 Å². The maximum Gasteiger partial charge on any atom is 0.194 e. The van der Waals surface area contributed by atoms with Gasteiger partial charge in [0, 0.05) is 44.3 Å². The van der Waals surface area contributed by atoms with E-state index < -0.39 is 0 Å². The van der Waals surface area contributed by atoms with E-state index in [4.69, 9.17) is 0 Å². The predicted octanol–water partition coefficient (Wildman–Crippen LogP) is 0.658. The van der Waals surface area contributed by atoms with E-state index in [1.807, 2.05) is 23.9 Å². The largest absolute Gasteiger partial charge is 0.352 e. The molecule has 0 aliphatic carbocycles. The van der Waals surface area contributed by atoms with Gasteiger partial charge < -0.3 is 10.2 Å². The summed E-state index contributed by atoms with van der Waals surface area (Å²) >= 11 is 0. The van der Waals surface area contributed by atoms with E-state index in [0.29, 0.717) is 6.54 Å². The average Bonchev–Trinajstić information content (AvgIpc) is 3.08. The molecule has 0 atom stereocenters. The number of hydrogen-bond acceptors (Lipinski definition) is 5. The first kappa shape index (κ1) is 11.7. The molecule has 0 spiro atoms. The first-order valence-electron chi connectivity index (χ1n) is 6.26. The Morgan fingerprint density at radius 2 is 2.32 bits per heavy atom. The molecular formula is C13H16N6. The molecule has 0 unspecified atom stereocenters. The van der Waals surface area contributed by atoms with Crippen LogP contribution in [0.1, 0.15) is 5.56 Å². The zero-order valence-electron chi connectivity index (χ0n) is 10.8. The van der Waals surface area contributed by atoms with Crippen LogP contribution in [0.2, 0.25) is 0 Å². The molecule has 19 heavy (non-hydrogen) atoms. The number of hydrogen-bond donors (Lipinski definition) is 1. The summed E-state index contributed by atoms with van der Waals surface area (Å²) in [5, 5.41) is 3.35. The smallest absolute Gasteiger partial charge is 0.194 e. The van der Waals surface area contributed by atoms with Crippen molar-refractivity contribution in [2.75, 3.05) is 20.1 Å². The van der Waals surface area contributed by atoms with Gasteiger partial charge in [-0.1, -0.05) is 6.07 Å². The van der Waals surface area contributed by atoms with Crippen molar-refractivity contribution < 1.29 is 0 Å². The van der Waals surface area contributed by atoms with Gasteiger partial charge in [0.2, 0.25) is 0 Å². The van der Waals surface area contributed by atoms with Crippen LogP contribution in [0.25, 0.3) is 5.82 Å². The zero-order chi connectivity index (χ0) is 13.1. The summed E-state index contributed by atoms with van der Waals surface area (Å²) in [6, 6.07) is 4.00. The summed E-state index contributed by atoms with van der Waals surface area (Å²) in [7, 11) is 2.04. The maximum atomic E-state index is 4.42. The second kappa shape index (κ2) is 5.09. The van der Waals surface area contributed by atoms with Crippen LogP contribution in [-0.4, -0.2) is 45.5 Å². The molecular weight excluding hydrogens is 240 g/mol. The highest BCUT2D eigenvalue weighted by molar-refractivity contribution is 5.81. The molecule has 1 N–H and O–H groups in total. The van der Waals surface area contributed by atoms with E-state index in [9.17, 15) is 0 Å². The van der Waals surface area contributed by atoms with Crippen molar-refractivity contribution in [3.8, 4) is 5.82 Å². The standard InChI is InChI=1S/C13H16N6/c1-18-7-6-16-13(18)17-9-11-3-2-4-15-12(11)19-8-5-14-10-19/h2-5,8,10H,6-7,9H2,1H3,(H,16,17). The summed E-state index contributed by atoms with van der Waals surface area (Å²) in [4.78, 5) is 15.0. The van der Waals surface area contributed by atoms with E-state index >= 15 is 0 Å². The maximum absolute atomic E-state index is 4.42. The molecule has 0 bridgehead atoms. The number of guanidine groups is 1. The molecule has 0 radical (unpaired) electrons. The van der Waals surface area contributed by atoms with E-state index in [1.165, 1.54) is 0 Å². The Morgan fingerprint density at radius 1 is 1.37 bits per heavy atom. The van der Waals surface area contributed by atoms with Crippen LogP contribution in [-0.2, 0) is 6.54 Å². The molecule has 6 nitrogen and oxygen atoms in total. The van der Waals surface area contributed by atoms with Crippen LogP contribution in [0.5, 0.6) is 0 Å². The number of likely N-dealkylation sites (N-methyl/N-ethyl adjacent to an activating group) is 1. The highest BCUT2D eigenvalue weighted by atomic mass is 15.3. The second-order valence-electron chi connectivity index (χ2n) is 4.44. The highest BCUT2D eigenvalue weighted by Gasteiger charge is 2.12. The summed E-state index contributed by atoms with van der Waals surface area (Å²) < 4.78 is 1.91. The van der Waals surface area contributed by atoms with Gasteiger partial charge in [-0.3, -0.25) is 9.56 Å². The van der Waals surface area contributed by atoms with E-state index in [2.05, 4.69) is 31.2 Å². The Bertz CT molecular complexity index is 575. The first-order valence-corrected chi connectivity index (χ1v) is 6.26. The molecule has 98 valence electrons. The molecule has 1 aliphatic heterocycles. The van der Waals surface area contributed by atoms with Crippen LogP contribution in [0.3, 0.4) is 0 Å². The van der Waals surface area contributed by atoms with Gasteiger partial charge in [0.15, 0.2) is 5.96 Å². The van der Waals surface area contributed by atoms with E-state index in [1.54, 1.807) is 18.7 Å². The lowest BCUT2D eigenvalue weighted by molar-refractivity contribution is 0.533. The van der Waals surface area contributed by atoms with Crippen molar-refractivity contribution in [3.05, 3.63) is 42.6 Å². The molecule has 3 rings (SSSR count). The van der Waals surface area contributed by atoms with Crippen molar-refractivity contribution in [2.45, 2.75) is 6.54 Å². The van der Waals surface area contributed by atoms with Gasteiger partial charge in [-0.25, -0.2) is 9.97 Å². The molecule has 0 fully saturated rings. The fourth-order valence-corrected chi connectivity index (χ4v) is 2.08. The minimum atomic E-state index is 0.699. The summed E-state index contributed by atoms with van der Waals surface area (Å²) in [6.45, 7) is 2.54.